The van der Waals surface area contributed by atoms with Crippen molar-refractivity contribution in [2.45, 2.75) is 5.92 Å². The van der Waals surface area contributed by atoms with E-state index in [2.05, 4.69) is 174 Å². The fraction of sp³-hybridized carbons (Fsp3) is 0.0204. The molecule has 0 bridgehead atoms. The predicted octanol–water partition coefficient (Wildman–Crippen LogP) is 12.4. The molecule has 52 heavy (non-hydrogen) atoms. The van der Waals surface area contributed by atoms with Gasteiger partial charge in [-0.2, -0.15) is 0 Å². The van der Waals surface area contributed by atoms with Crippen molar-refractivity contribution in [3.8, 4) is 39.5 Å². The Labute approximate surface area is 301 Å². The van der Waals surface area contributed by atoms with Gasteiger partial charge in [0.15, 0.2) is 5.82 Å². The molecule has 1 atom stereocenters. The maximum atomic E-state index is 5.21. The molecule has 0 amide bonds. The summed E-state index contributed by atoms with van der Waals surface area (Å²) < 4.78 is 2.43. The molecule has 1 aliphatic carbocycles. The summed E-state index contributed by atoms with van der Waals surface area (Å²) >= 11 is 0. The van der Waals surface area contributed by atoms with Crippen LogP contribution in [-0.2, 0) is 0 Å². The minimum absolute atomic E-state index is 0.139. The molecule has 8 aromatic carbocycles. The van der Waals surface area contributed by atoms with E-state index in [9.17, 15) is 0 Å². The average molecular weight is 662 g/mol. The van der Waals surface area contributed by atoms with Gasteiger partial charge >= 0.3 is 0 Å². The molecule has 3 nitrogen and oxygen atoms in total. The van der Waals surface area contributed by atoms with Crippen molar-refractivity contribution in [1.29, 1.82) is 0 Å². The zero-order valence-electron chi connectivity index (χ0n) is 28.2. The lowest BCUT2D eigenvalue weighted by Crippen LogP contribution is -2.00. The second-order valence-corrected chi connectivity index (χ2v) is 13.7. The van der Waals surface area contributed by atoms with E-state index in [1.54, 1.807) is 0 Å². The molecule has 242 valence electrons. The summed E-state index contributed by atoms with van der Waals surface area (Å²) in [5.74, 6) is 0.855. The van der Waals surface area contributed by atoms with Gasteiger partial charge in [0, 0.05) is 38.9 Å². The molecule has 0 radical (unpaired) electrons. The van der Waals surface area contributed by atoms with Gasteiger partial charge in [-0.3, -0.25) is 0 Å². The van der Waals surface area contributed by atoms with Crippen molar-refractivity contribution >= 4 is 43.5 Å². The second kappa shape index (κ2) is 11.3. The first-order valence-electron chi connectivity index (χ1n) is 17.9. The third-order valence-corrected chi connectivity index (χ3v) is 10.8. The van der Waals surface area contributed by atoms with Gasteiger partial charge in [0.05, 0.1) is 22.2 Å². The molecule has 0 fully saturated rings. The third kappa shape index (κ3) is 4.33. The lowest BCUT2D eigenvalue weighted by Gasteiger charge is -2.16. The number of nitrogens with zero attached hydrogens (tertiary/aromatic N) is 3. The Morgan fingerprint density at radius 2 is 1.15 bits per heavy atom. The summed E-state index contributed by atoms with van der Waals surface area (Å²) in [7, 11) is 0. The number of rotatable bonds is 4. The fourth-order valence-corrected chi connectivity index (χ4v) is 8.57. The Hall–Kier alpha value is -6.84. The molecule has 0 spiro atoms. The van der Waals surface area contributed by atoms with Crippen LogP contribution in [0.1, 0.15) is 22.6 Å². The summed E-state index contributed by atoms with van der Waals surface area (Å²) in [4.78, 5) is 10.3. The minimum Gasteiger partial charge on any atom is -0.309 e. The molecule has 0 saturated carbocycles. The molecule has 10 aromatic rings. The van der Waals surface area contributed by atoms with E-state index >= 15 is 0 Å². The van der Waals surface area contributed by atoms with Gasteiger partial charge in [-0.25, -0.2) is 9.97 Å². The quantitative estimate of drug-likeness (QED) is 0.188. The van der Waals surface area contributed by atoms with Crippen molar-refractivity contribution in [1.82, 2.24) is 14.5 Å². The SMILES string of the molecule is c1ccc(-c2nc(-c3cccc(-n4c5ccccc5c5cc6c(cc54)[C@@H](c4ccccc4)c4ccc5ccccc5c4-6)c3)nc3ccccc23)cc1. The van der Waals surface area contributed by atoms with E-state index in [4.69, 9.17) is 9.97 Å². The lowest BCUT2D eigenvalue weighted by molar-refractivity contribution is 1.02. The largest absolute Gasteiger partial charge is 0.309 e. The number of benzene rings is 8. The molecule has 11 rings (SSSR count). The first kappa shape index (κ1) is 28.9. The number of para-hydroxylation sites is 2. The third-order valence-electron chi connectivity index (χ3n) is 10.8. The average Bonchev–Trinajstić information content (AvgIpc) is 3.72. The van der Waals surface area contributed by atoms with Crippen LogP contribution in [0.5, 0.6) is 0 Å². The molecule has 1 aliphatic rings. The van der Waals surface area contributed by atoms with Crippen molar-refractivity contribution in [2.75, 3.05) is 0 Å². The predicted molar refractivity (Wildman–Crippen MR) is 215 cm³/mol. The van der Waals surface area contributed by atoms with Gasteiger partial charge < -0.3 is 4.57 Å². The molecular weight excluding hydrogens is 631 g/mol. The van der Waals surface area contributed by atoms with Gasteiger partial charge in [-0.1, -0.05) is 146 Å². The Balaban J connectivity index is 1.16. The zero-order chi connectivity index (χ0) is 34.2. The number of hydrogen-bond acceptors (Lipinski definition) is 2. The zero-order valence-corrected chi connectivity index (χ0v) is 28.2. The monoisotopic (exact) mass is 661 g/mol. The van der Waals surface area contributed by atoms with Crippen molar-refractivity contribution < 1.29 is 0 Å². The van der Waals surface area contributed by atoms with Crippen LogP contribution in [0.3, 0.4) is 0 Å². The number of aromatic nitrogens is 3. The highest BCUT2D eigenvalue weighted by Gasteiger charge is 2.32. The molecule has 2 aromatic heterocycles. The Kier molecular flexibility index (Phi) is 6.31. The normalized spacial score (nSPS) is 13.6. The molecule has 2 heterocycles. The van der Waals surface area contributed by atoms with Crippen molar-refractivity contribution in [3.05, 3.63) is 199 Å². The highest BCUT2D eigenvalue weighted by Crippen LogP contribution is 2.52. The Bertz CT molecular complexity index is 3010. The molecule has 0 saturated heterocycles. The van der Waals surface area contributed by atoms with E-state index in [1.165, 1.54) is 60.4 Å². The number of hydrogen-bond donors (Lipinski definition) is 0. The fourth-order valence-electron chi connectivity index (χ4n) is 8.57. The molecule has 0 aliphatic heterocycles. The van der Waals surface area contributed by atoms with Crippen LogP contribution in [-0.4, -0.2) is 14.5 Å². The van der Waals surface area contributed by atoms with Crippen LogP contribution in [0.4, 0.5) is 0 Å². The van der Waals surface area contributed by atoms with Gasteiger partial charge in [0.25, 0.3) is 0 Å². The molecular formula is C49H31N3. The highest BCUT2D eigenvalue weighted by molar-refractivity contribution is 6.13. The van der Waals surface area contributed by atoms with Crippen LogP contribution in [0, 0.1) is 0 Å². The van der Waals surface area contributed by atoms with Gasteiger partial charge in [-0.05, 0) is 75.0 Å². The van der Waals surface area contributed by atoms with Crippen LogP contribution in [0.15, 0.2) is 182 Å². The Morgan fingerprint density at radius 1 is 0.442 bits per heavy atom. The maximum absolute atomic E-state index is 5.21. The van der Waals surface area contributed by atoms with E-state index in [0.717, 1.165) is 33.4 Å². The van der Waals surface area contributed by atoms with Crippen molar-refractivity contribution in [3.63, 3.8) is 0 Å². The Morgan fingerprint density at radius 3 is 2.02 bits per heavy atom. The van der Waals surface area contributed by atoms with Crippen LogP contribution in [0.25, 0.3) is 82.9 Å². The van der Waals surface area contributed by atoms with Crippen LogP contribution in [0.2, 0.25) is 0 Å². The van der Waals surface area contributed by atoms with Gasteiger partial charge in [0.2, 0.25) is 0 Å². The van der Waals surface area contributed by atoms with Crippen LogP contribution < -0.4 is 0 Å². The summed E-state index contributed by atoms with van der Waals surface area (Å²) in [6.07, 6.45) is 0. The second-order valence-electron chi connectivity index (χ2n) is 13.7. The topological polar surface area (TPSA) is 30.7 Å². The first-order valence-corrected chi connectivity index (χ1v) is 17.9. The van der Waals surface area contributed by atoms with E-state index < -0.39 is 0 Å². The molecule has 0 unspecified atom stereocenters. The van der Waals surface area contributed by atoms with Gasteiger partial charge in [0.1, 0.15) is 0 Å². The first-order chi connectivity index (χ1) is 25.8. The summed E-state index contributed by atoms with van der Waals surface area (Å²) in [5.41, 5.74) is 14.1. The van der Waals surface area contributed by atoms with E-state index in [-0.39, 0.29) is 5.92 Å². The van der Waals surface area contributed by atoms with E-state index in [0.29, 0.717) is 5.82 Å². The maximum Gasteiger partial charge on any atom is 0.160 e. The summed E-state index contributed by atoms with van der Waals surface area (Å²) in [6.45, 7) is 0. The van der Waals surface area contributed by atoms with Crippen LogP contribution >= 0.6 is 0 Å². The van der Waals surface area contributed by atoms with Gasteiger partial charge in [-0.15, -0.1) is 0 Å². The lowest BCUT2D eigenvalue weighted by atomic mass is 9.88. The summed E-state index contributed by atoms with van der Waals surface area (Å²) in [5, 5.41) is 6.11. The van der Waals surface area contributed by atoms with E-state index in [1.807, 2.05) is 12.1 Å². The highest BCUT2D eigenvalue weighted by atomic mass is 15.0. The molecule has 0 N–H and O–H groups in total. The minimum atomic E-state index is 0.139. The summed E-state index contributed by atoms with van der Waals surface area (Å²) in [6, 6.07) is 65.5. The van der Waals surface area contributed by atoms with Crippen molar-refractivity contribution in [2.24, 2.45) is 0 Å². The molecule has 3 heteroatoms. The smallest absolute Gasteiger partial charge is 0.160 e. The standard InChI is InChI=1S/C49H31N3/c1-3-15-32(16-4-1)46-39-27-26-31-14-7-8-21-36(31)47(39)41-29-40-37-22-10-12-25-44(37)52(45(40)30-42(41)46)35-20-13-19-34(28-35)49-50-43-24-11-9-23-38(43)48(51-49)33-17-5-2-6-18-33/h1-30,46H/t46-/m0/s1. The number of fused-ring (bicyclic) bond motifs is 9.